The number of anilines is 1. The number of hydrogen-bond donors (Lipinski definition) is 1. The molecule has 1 spiro atoms. The van der Waals surface area contributed by atoms with Crippen molar-refractivity contribution in [3.8, 4) is 0 Å². The Kier molecular flexibility index (Phi) is 3.70. The Morgan fingerprint density at radius 2 is 2.22 bits per heavy atom. The van der Waals surface area contributed by atoms with Gasteiger partial charge in [-0.05, 0) is 54.8 Å². The quantitative estimate of drug-likeness (QED) is 0.781. The minimum absolute atomic E-state index is 0.477. The molecule has 4 nitrogen and oxygen atoms in total. The van der Waals surface area contributed by atoms with E-state index in [1.807, 2.05) is 6.20 Å². The summed E-state index contributed by atoms with van der Waals surface area (Å²) < 4.78 is 1.16. The number of nitrogens with zero attached hydrogens (tertiary/aromatic N) is 3. The zero-order valence-electron chi connectivity index (χ0n) is 10.5. The number of halogens is 1. The summed E-state index contributed by atoms with van der Waals surface area (Å²) in [5, 5.41) is 3.57. The molecule has 0 bridgehead atoms. The fourth-order valence-corrected chi connectivity index (χ4v) is 3.95. The minimum Gasteiger partial charge on any atom is -0.355 e. The summed E-state index contributed by atoms with van der Waals surface area (Å²) in [6.45, 7) is 4.64. The second-order valence-corrected chi connectivity index (χ2v) is 6.66. The first kappa shape index (κ1) is 12.6. The number of rotatable bonds is 1. The van der Waals surface area contributed by atoms with Crippen LogP contribution in [0.2, 0.25) is 0 Å². The molecule has 1 aromatic heterocycles. The average molecular weight is 358 g/mol. The average Bonchev–Trinajstić information content (AvgIpc) is 2.40. The van der Waals surface area contributed by atoms with Crippen LogP contribution in [0.25, 0.3) is 0 Å². The fraction of sp³-hybridized carbons (Fsp3) is 0.692. The summed E-state index contributed by atoms with van der Waals surface area (Å²) in [4.78, 5) is 11.0. The Hall–Kier alpha value is -0.430. The van der Waals surface area contributed by atoms with Crippen molar-refractivity contribution in [3.63, 3.8) is 0 Å². The van der Waals surface area contributed by atoms with Crippen LogP contribution < -0.4 is 10.2 Å². The molecule has 2 fully saturated rings. The van der Waals surface area contributed by atoms with Crippen LogP contribution in [0.5, 0.6) is 0 Å². The van der Waals surface area contributed by atoms with Gasteiger partial charge in [-0.25, -0.2) is 9.97 Å². The van der Waals surface area contributed by atoms with E-state index in [9.17, 15) is 0 Å². The molecule has 98 valence electrons. The van der Waals surface area contributed by atoms with Crippen LogP contribution in [0, 0.1) is 8.99 Å². The van der Waals surface area contributed by atoms with E-state index >= 15 is 0 Å². The van der Waals surface area contributed by atoms with Gasteiger partial charge in [0.1, 0.15) is 12.1 Å². The Balaban J connectivity index is 1.80. The van der Waals surface area contributed by atoms with Crippen molar-refractivity contribution in [2.24, 2.45) is 5.41 Å². The van der Waals surface area contributed by atoms with Gasteiger partial charge in [0.2, 0.25) is 0 Å². The van der Waals surface area contributed by atoms with Crippen LogP contribution in [0.1, 0.15) is 25.7 Å². The molecular weight excluding hydrogens is 339 g/mol. The normalized spacial score (nSPS) is 28.6. The molecule has 0 radical (unpaired) electrons. The Morgan fingerprint density at radius 1 is 1.33 bits per heavy atom. The summed E-state index contributed by atoms with van der Waals surface area (Å²) >= 11 is 2.34. The third-order valence-electron chi connectivity index (χ3n) is 4.17. The maximum Gasteiger partial charge on any atom is 0.145 e. The standard InChI is InChI=1S/C13H19IN4/c14-11-7-16-10-17-12(11)18-6-2-4-13(9-18)3-1-5-15-8-13/h7,10,15H,1-6,8-9H2. The van der Waals surface area contributed by atoms with Crippen molar-refractivity contribution in [1.82, 2.24) is 15.3 Å². The van der Waals surface area contributed by atoms with E-state index in [1.54, 1.807) is 6.33 Å². The van der Waals surface area contributed by atoms with E-state index < -0.39 is 0 Å². The molecule has 18 heavy (non-hydrogen) atoms. The first-order chi connectivity index (χ1) is 8.79. The predicted octanol–water partition coefficient (Wildman–Crippen LogP) is 2.05. The van der Waals surface area contributed by atoms with Gasteiger partial charge in [-0.1, -0.05) is 0 Å². The van der Waals surface area contributed by atoms with Gasteiger partial charge in [0, 0.05) is 31.2 Å². The topological polar surface area (TPSA) is 41.1 Å². The molecule has 0 amide bonds. The first-order valence-electron chi connectivity index (χ1n) is 6.70. The molecular formula is C13H19IN4. The molecule has 0 aliphatic carbocycles. The van der Waals surface area contributed by atoms with E-state index in [0.717, 1.165) is 22.5 Å². The number of piperidine rings is 2. The molecule has 2 aliphatic rings. The highest BCUT2D eigenvalue weighted by atomic mass is 127. The van der Waals surface area contributed by atoms with Crippen molar-refractivity contribution in [2.75, 3.05) is 31.1 Å². The van der Waals surface area contributed by atoms with Gasteiger partial charge in [-0.15, -0.1) is 0 Å². The molecule has 0 saturated carbocycles. The summed E-state index contributed by atoms with van der Waals surface area (Å²) in [5.41, 5.74) is 0.477. The summed E-state index contributed by atoms with van der Waals surface area (Å²) in [6.07, 6.45) is 8.88. The predicted molar refractivity (Wildman–Crippen MR) is 80.7 cm³/mol. The van der Waals surface area contributed by atoms with Crippen LogP contribution >= 0.6 is 22.6 Å². The van der Waals surface area contributed by atoms with E-state index in [0.29, 0.717) is 5.41 Å². The van der Waals surface area contributed by atoms with Crippen molar-refractivity contribution in [3.05, 3.63) is 16.1 Å². The zero-order chi connectivity index (χ0) is 12.4. The summed E-state index contributed by atoms with van der Waals surface area (Å²) in [7, 11) is 0. The third kappa shape index (κ3) is 2.47. The SMILES string of the molecule is Ic1cncnc1N1CCCC2(CCCNC2)C1. The summed E-state index contributed by atoms with van der Waals surface area (Å²) in [6, 6.07) is 0. The molecule has 2 saturated heterocycles. The lowest BCUT2D eigenvalue weighted by Gasteiger charge is -2.46. The molecule has 1 N–H and O–H groups in total. The van der Waals surface area contributed by atoms with Gasteiger partial charge in [-0.2, -0.15) is 0 Å². The monoisotopic (exact) mass is 358 g/mol. The number of nitrogens with one attached hydrogen (secondary N) is 1. The lowest BCUT2D eigenvalue weighted by molar-refractivity contribution is 0.172. The lowest BCUT2D eigenvalue weighted by Crippen LogP contribution is -2.51. The second kappa shape index (κ2) is 5.28. The highest BCUT2D eigenvalue weighted by molar-refractivity contribution is 14.1. The highest BCUT2D eigenvalue weighted by Gasteiger charge is 2.37. The molecule has 2 aliphatic heterocycles. The van der Waals surface area contributed by atoms with Crippen LogP contribution in [-0.2, 0) is 0 Å². The van der Waals surface area contributed by atoms with Gasteiger partial charge in [0.25, 0.3) is 0 Å². The van der Waals surface area contributed by atoms with Gasteiger partial charge in [-0.3, -0.25) is 0 Å². The molecule has 3 rings (SSSR count). The third-order valence-corrected chi connectivity index (χ3v) is 4.93. The molecule has 3 heterocycles. The van der Waals surface area contributed by atoms with Gasteiger partial charge in [0.05, 0.1) is 3.57 Å². The van der Waals surface area contributed by atoms with Crippen LogP contribution in [0.4, 0.5) is 5.82 Å². The van der Waals surface area contributed by atoms with Crippen LogP contribution in [0.3, 0.4) is 0 Å². The number of aromatic nitrogens is 2. The Morgan fingerprint density at radius 3 is 3.00 bits per heavy atom. The van der Waals surface area contributed by atoms with Crippen molar-refractivity contribution in [1.29, 1.82) is 0 Å². The van der Waals surface area contributed by atoms with E-state index in [4.69, 9.17) is 0 Å². The van der Waals surface area contributed by atoms with Crippen molar-refractivity contribution < 1.29 is 0 Å². The van der Waals surface area contributed by atoms with E-state index in [-0.39, 0.29) is 0 Å². The molecule has 0 aromatic carbocycles. The second-order valence-electron chi connectivity index (χ2n) is 5.50. The van der Waals surface area contributed by atoms with Crippen LogP contribution in [0.15, 0.2) is 12.5 Å². The lowest BCUT2D eigenvalue weighted by atomic mass is 9.74. The zero-order valence-corrected chi connectivity index (χ0v) is 12.7. The molecule has 1 aromatic rings. The van der Waals surface area contributed by atoms with Crippen molar-refractivity contribution in [2.45, 2.75) is 25.7 Å². The number of hydrogen-bond acceptors (Lipinski definition) is 4. The van der Waals surface area contributed by atoms with E-state index in [1.165, 1.54) is 38.8 Å². The smallest absolute Gasteiger partial charge is 0.145 e. The fourth-order valence-electron chi connectivity index (χ4n) is 3.31. The largest absolute Gasteiger partial charge is 0.355 e. The van der Waals surface area contributed by atoms with Gasteiger partial charge in [0.15, 0.2) is 0 Å². The van der Waals surface area contributed by atoms with Crippen molar-refractivity contribution >= 4 is 28.4 Å². The molecule has 1 atom stereocenters. The Labute approximate surface area is 122 Å². The maximum absolute atomic E-state index is 4.47. The molecule has 1 unspecified atom stereocenters. The maximum atomic E-state index is 4.47. The van der Waals surface area contributed by atoms with Gasteiger partial charge < -0.3 is 10.2 Å². The minimum atomic E-state index is 0.477. The Bertz CT molecular complexity index is 412. The van der Waals surface area contributed by atoms with E-state index in [2.05, 4.69) is 42.8 Å². The first-order valence-corrected chi connectivity index (χ1v) is 7.78. The summed E-state index contributed by atoms with van der Waals surface area (Å²) in [5.74, 6) is 1.12. The van der Waals surface area contributed by atoms with Crippen LogP contribution in [-0.4, -0.2) is 36.1 Å². The van der Waals surface area contributed by atoms with Gasteiger partial charge >= 0.3 is 0 Å². The highest BCUT2D eigenvalue weighted by Crippen LogP contribution is 2.37. The molecule has 5 heteroatoms.